The Morgan fingerprint density at radius 2 is 1.61 bits per heavy atom. The molecule has 3 unspecified atom stereocenters. The number of methoxy groups -OCH3 is 1. The predicted octanol–water partition coefficient (Wildman–Crippen LogP) is 4.84. The van der Waals surface area contributed by atoms with Crippen molar-refractivity contribution in [3.8, 4) is 5.75 Å². The van der Waals surface area contributed by atoms with Gasteiger partial charge >= 0.3 is 0 Å². The third-order valence-corrected chi connectivity index (χ3v) is 5.29. The van der Waals surface area contributed by atoms with Crippen LogP contribution in [0.1, 0.15) is 35.1 Å². The van der Waals surface area contributed by atoms with Gasteiger partial charge in [0.25, 0.3) is 0 Å². The summed E-state index contributed by atoms with van der Waals surface area (Å²) in [5.74, 6) is 0.635. The molecule has 1 aliphatic rings. The summed E-state index contributed by atoms with van der Waals surface area (Å²) < 4.78 is 18.4. The molecule has 0 radical (unpaired) electrons. The minimum atomic E-state index is -0.256. The van der Waals surface area contributed by atoms with Crippen molar-refractivity contribution in [3.05, 3.63) is 101 Å². The highest BCUT2D eigenvalue weighted by atomic mass is 19.1. The van der Waals surface area contributed by atoms with E-state index in [9.17, 15) is 9.18 Å². The lowest BCUT2D eigenvalue weighted by Gasteiger charge is -2.20. The number of nitrogens with one attached hydrogen (secondary N) is 1. The maximum absolute atomic E-state index is 13.1. The van der Waals surface area contributed by atoms with Gasteiger partial charge in [0.1, 0.15) is 11.6 Å². The van der Waals surface area contributed by atoms with Gasteiger partial charge < -0.3 is 10.1 Å². The monoisotopic (exact) mass is 375 g/mol. The Hall–Kier alpha value is -3.14. The van der Waals surface area contributed by atoms with E-state index in [4.69, 9.17) is 4.74 Å². The van der Waals surface area contributed by atoms with Gasteiger partial charge in [0.05, 0.1) is 13.2 Å². The van der Waals surface area contributed by atoms with Crippen LogP contribution in [0.3, 0.4) is 0 Å². The molecule has 3 nitrogen and oxygen atoms in total. The molecular weight excluding hydrogens is 353 g/mol. The molecule has 0 bridgehead atoms. The fraction of sp³-hybridized carbons (Fsp3) is 0.208. The van der Waals surface area contributed by atoms with E-state index >= 15 is 0 Å². The molecule has 1 amide bonds. The number of ether oxygens (including phenoxy) is 1. The van der Waals surface area contributed by atoms with Crippen LogP contribution in [-0.4, -0.2) is 13.0 Å². The van der Waals surface area contributed by atoms with Gasteiger partial charge in [-0.3, -0.25) is 4.79 Å². The van der Waals surface area contributed by atoms with E-state index < -0.39 is 0 Å². The Morgan fingerprint density at radius 3 is 2.25 bits per heavy atom. The van der Waals surface area contributed by atoms with E-state index in [1.54, 1.807) is 19.2 Å². The number of hydrogen-bond acceptors (Lipinski definition) is 2. The van der Waals surface area contributed by atoms with Crippen LogP contribution in [0.25, 0.3) is 0 Å². The quantitative estimate of drug-likeness (QED) is 0.669. The van der Waals surface area contributed by atoms with Gasteiger partial charge in [-0.05, 0) is 53.3 Å². The number of benzene rings is 3. The van der Waals surface area contributed by atoms with Crippen LogP contribution in [0.5, 0.6) is 5.75 Å². The first-order valence-electron chi connectivity index (χ1n) is 9.40. The molecule has 1 fully saturated rings. The van der Waals surface area contributed by atoms with Crippen LogP contribution in [-0.2, 0) is 4.79 Å². The molecule has 4 heteroatoms. The number of hydrogen-bond donors (Lipinski definition) is 1. The third-order valence-electron chi connectivity index (χ3n) is 5.29. The van der Waals surface area contributed by atoms with Crippen LogP contribution in [0.2, 0.25) is 0 Å². The lowest BCUT2D eigenvalue weighted by atomic mass is 9.98. The van der Waals surface area contributed by atoms with E-state index in [0.29, 0.717) is 0 Å². The Balaban J connectivity index is 1.52. The Bertz CT molecular complexity index is 939. The summed E-state index contributed by atoms with van der Waals surface area (Å²) in [6.07, 6.45) is 0.793. The largest absolute Gasteiger partial charge is 0.497 e. The molecule has 4 rings (SSSR count). The van der Waals surface area contributed by atoms with Crippen LogP contribution < -0.4 is 10.1 Å². The topological polar surface area (TPSA) is 38.3 Å². The summed E-state index contributed by atoms with van der Waals surface area (Å²) in [6, 6.07) is 23.9. The van der Waals surface area contributed by atoms with Gasteiger partial charge in [0.15, 0.2) is 0 Å². The molecule has 1 aliphatic carbocycles. The average Bonchev–Trinajstić information content (AvgIpc) is 3.54. The van der Waals surface area contributed by atoms with Crippen molar-refractivity contribution < 1.29 is 13.9 Å². The molecule has 0 saturated heterocycles. The molecule has 1 N–H and O–H groups in total. The van der Waals surface area contributed by atoms with Crippen molar-refractivity contribution in [2.75, 3.05) is 7.11 Å². The molecule has 0 aliphatic heterocycles. The summed E-state index contributed by atoms with van der Waals surface area (Å²) in [7, 11) is 1.63. The third kappa shape index (κ3) is 3.91. The van der Waals surface area contributed by atoms with Crippen LogP contribution in [0.15, 0.2) is 78.9 Å². The number of rotatable bonds is 6. The van der Waals surface area contributed by atoms with Crippen LogP contribution in [0, 0.1) is 11.7 Å². The number of carbonyl (C=O) groups is 1. The SMILES string of the molecule is COc1ccc(C(NC(=O)C2CC2c2ccc(F)cc2)c2ccccc2)cc1. The van der Waals surface area contributed by atoms with Gasteiger partial charge in [0.2, 0.25) is 5.91 Å². The van der Waals surface area contributed by atoms with Gasteiger partial charge in [-0.2, -0.15) is 0 Å². The normalized spacial score (nSPS) is 18.9. The molecule has 28 heavy (non-hydrogen) atoms. The second-order valence-electron chi connectivity index (χ2n) is 7.13. The van der Waals surface area contributed by atoms with Crippen molar-refractivity contribution >= 4 is 5.91 Å². The van der Waals surface area contributed by atoms with Crippen LogP contribution in [0.4, 0.5) is 4.39 Å². The minimum absolute atomic E-state index is 0.0268. The van der Waals surface area contributed by atoms with Crippen molar-refractivity contribution in [3.63, 3.8) is 0 Å². The molecule has 1 saturated carbocycles. The highest BCUT2D eigenvalue weighted by molar-refractivity contribution is 5.83. The summed E-state index contributed by atoms with van der Waals surface area (Å²) in [4.78, 5) is 12.9. The smallest absolute Gasteiger partial charge is 0.224 e. The Labute approximate surface area is 164 Å². The van der Waals surface area contributed by atoms with Gasteiger partial charge in [-0.1, -0.05) is 54.6 Å². The van der Waals surface area contributed by atoms with Gasteiger partial charge in [-0.15, -0.1) is 0 Å². The zero-order valence-corrected chi connectivity index (χ0v) is 15.6. The lowest BCUT2D eigenvalue weighted by molar-refractivity contribution is -0.122. The second-order valence-corrected chi connectivity index (χ2v) is 7.13. The Kier molecular flexibility index (Phi) is 5.11. The fourth-order valence-corrected chi connectivity index (χ4v) is 3.61. The maximum atomic E-state index is 13.1. The maximum Gasteiger partial charge on any atom is 0.224 e. The summed E-state index contributed by atoms with van der Waals surface area (Å²) in [6.45, 7) is 0. The molecule has 3 aromatic rings. The van der Waals surface area contributed by atoms with E-state index in [0.717, 1.165) is 28.9 Å². The van der Waals surface area contributed by atoms with Gasteiger partial charge in [0, 0.05) is 5.92 Å². The summed E-state index contributed by atoms with van der Waals surface area (Å²) >= 11 is 0. The summed E-state index contributed by atoms with van der Waals surface area (Å²) in [5.41, 5.74) is 3.04. The zero-order valence-electron chi connectivity index (χ0n) is 15.6. The molecule has 0 aromatic heterocycles. The van der Waals surface area contributed by atoms with E-state index in [2.05, 4.69) is 5.32 Å². The zero-order chi connectivity index (χ0) is 19.5. The number of amides is 1. The van der Waals surface area contributed by atoms with Crippen LogP contribution >= 0.6 is 0 Å². The van der Waals surface area contributed by atoms with Gasteiger partial charge in [-0.25, -0.2) is 4.39 Å². The average molecular weight is 375 g/mol. The number of carbonyl (C=O) groups excluding carboxylic acids is 1. The molecular formula is C24H22FNO2. The first kappa shape index (κ1) is 18.2. The predicted molar refractivity (Wildman–Crippen MR) is 107 cm³/mol. The summed E-state index contributed by atoms with van der Waals surface area (Å²) in [5, 5.41) is 3.21. The Morgan fingerprint density at radius 1 is 0.964 bits per heavy atom. The number of halogens is 1. The van der Waals surface area contributed by atoms with Crippen molar-refractivity contribution in [2.24, 2.45) is 5.92 Å². The van der Waals surface area contributed by atoms with Crippen molar-refractivity contribution in [1.29, 1.82) is 0 Å². The first-order chi connectivity index (χ1) is 13.7. The molecule has 142 valence electrons. The highest BCUT2D eigenvalue weighted by Gasteiger charge is 2.44. The first-order valence-corrected chi connectivity index (χ1v) is 9.40. The van der Waals surface area contributed by atoms with E-state index in [1.165, 1.54) is 12.1 Å². The lowest BCUT2D eigenvalue weighted by Crippen LogP contribution is -2.30. The standard InChI is InChI=1S/C24H22FNO2/c1-28-20-13-9-18(10-14-20)23(17-5-3-2-4-6-17)26-24(27)22-15-21(22)16-7-11-19(25)12-8-16/h2-14,21-23H,15H2,1H3,(H,26,27). The molecule has 0 heterocycles. The van der Waals surface area contributed by atoms with E-state index in [-0.39, 0.29) is 29.6 Å². The van der Waals surface area contributed by atoms with E-state index in [1.807, 2.05) is 54.6 Å². The second kappa shape index (κ2) is 7.85. The molecule has 3 atom stereocenters. The van der Waals surface area contributed by atoms with Crippen molar-refractivity contribution in [1.82, 2.24) is 5.32 Å². The highest BCUT2D eigenvalue weighted by Crippen LogP contribution is 2.48. The fourth-order valence-electron chi connectivity index (χ4n) is 3.61. The molecule has 3 aromatic carbocycles. The minimum Gasteiger partial charge on any atom is -0.497 e. The van der Waals surface area contributed by atoms with Crippen molar-refractivity contribution in [2.45, 2.75) is 18.4 Å². The molecule has 0 spiro atoms.